The van der Waals surface area contributed by atoms with Gasteiger partial charge in [-0.2, -0.15) is 0 Å². The summed E-state index contributed by atoms with van der Waals surface area (Å²) in [6.07, 6.45) is 0.828. The van der Waals surface area contributed by atoms with E-state index in [1.807, 2.05) is 11.8 Å². The van der Waals surface area contributed by atoms with Crippen molar-refractivity contribution in [3.63, 3.8) is 0 Å². The first kappa shape index (κ1) is 10.5. The molecule has 1 saturated heterocycles. The van der Waals surface area contributed by atoms with Crippen LogP contribution in [0.4, 0.5) is 0 Å². The molecule has 3 heteroatoms. The summed E-state index contributed by atoms with van der Waals surface area (Å²) in [5, 5.41) is 0. The lowest BCUT2D eigenvalue weighted by Gasteiger charge is -2.34. The highest BCUT2D eigenvalue weighted by Gasteiger charge is 2.24. The fraction of sp³-hybridized carbons (Fsp3) is 0.900. The van der Waals surface area contributed by atoms with E-state index in [9.17, 15) is 4.79 Å². The fourth-order valence-corrected chi connectivity index (χ4v) is 1.53. The molecule has 0 saturated carbocycles. The maximum Gasteiger partial charge on any atom is 0.222 e. The Morgan fingerprint density at radius 3 is 2.85 bits per heavy atom. The first-order valence-corrected chi connectivity index (χ1v) is 5.04. The van der Waals surface area contributed by atoms with E-state index in [0.29, 0.717) is 18.9 Å². The maximum atomic E-state index is 11.4. The largest absolute Gasteiger partial charge is 0.374 e. The molecular formula is C10H19NO2. The van der Waals surface area contributed by atoms with Gasteiger partial charge in [-0.1, -0.05) is 20.8 Å². The Balaban J connectivity index is 2.46. The number of morpholine rings is 1. The van der Waals surface area contributed by atoms with Gasteiger partial charge in [-0.3, -0.25) is 4.79 Å². The second-order valence-corrected chi connectivity index (χ2v) is 3.85. The number of amides is 1. The van der Waals surface area contributed by atoms with E-state index >= 15 is 0 Å². The quantitative estimate of drug-likeness (QED) is 0.648. The van der Waals surface area contributed by atoms with Crippen LogP contribution in [0.3, 0.4) is 0 Å². The molecule has 0 aromatic rings. The van der Waals surface area contributed by atoms with Crippen LogP contribution in [-0.4, -0.2) is 36.6 Å². The molecule has 0 aliphatic carbocycles. The SMILES string of the molecule is CCC(=O)N1CCOC(C(C)C)C1. The highest BCUT2D eigenvalue weighted by molar-refractivity contribution is 5.75. The van der Waals surface area contributed by atoms with Crippen molar-refractivity contribution >= 4 is 5.91 Å². The number of rotatable bonds is 2. The molecule has 1 heterocycles. The molecule has 0 N–H and O–H groups in total. The van der Waals surface area contributed by atoms with Crippen molar-refractivity contribution in [2.75, 3.05) is 19.7 Å². The van der Waals surface area contributed by atoms with Gasteiger partial charge in [0.1, 0.15) is 0 Å². The molecule has 0 bridgehead atoms. The highest BCUT2D eigenvalue weighted by Crippen LogP contribution is 2.13. The van der Waals surface area contributed by atoms with Gasteiger partial charge in [0.15, 0.2) is 0 Å². The molecule has 1 unspecified atom stereocenters. The van der Waals surface area contributed by atoms with Crippen LogP contribution >= 0.6 is 0 Å². The number of ether oxygens (including phenoxy) is 1. The Morgan fingerprint density at radius 1 is 1.62 bits per heavy atom. The van der Waals surface area contributed by atoms with Gasteiger partial charge >= 0.3 is 0 Å². The van der Waals surface area contributed by atoms with Gasteiger partial charge in [-0.05, 0) is 5.92 Å². The summed E-state index contributed by atoms with van der Waals surface area (Å²) in [7, 11) is 0. The zero-order valence-electron chi connectivity index (χ0n) is 8.75. The van der Waals surface area contributed by atoms with Crippen LogP contribution in [0, 0.1) is 5.92 Å². The van der Waals surface area contributed by atoms with Crippen molar-refractivity contribution < 1.29 is 9.53 Å². The minimum Gasteiger partial charge on any atom is -0.374 e. The van der Waals surface area contributed by atoms with E-state index in [2.05, 4.69) is 13.8 Å². The molecule has 0 radical (unpaired) electrons. The van der Waals surface area contributed by atoms with Gasteiger partial charge in [-0.25, -0.2) is 0 Å². The lowest BCUT2D eigenvalue weighted by Crippen LogP contribution is -2.47. The molecule has 13 heavy (non-hydrogen) atoms. The highest BCUT2D eigenvalue weighted by atomic mass is 16.5. The summed E-state index contributed by atoms with van der Waals surface area (Å²) in [4.78, 5) is 13.3. The minimum atomic E-state index is 0.226. The van der Waals surface area contributed by atoms with E-state index in [4.69, 9.17) is 4.74 Å². The first-order valence-electron chi connectivity index (χ1n) is 5.04. The number of carbonyl (C=O) groups is 1. The second kappa shape index (κ2) is 4.61. The van der Waals surface area contributed by atoms with Crippen molar-refractivity contribution in [1.29, 1.82) is 0 Å². The molecule has 0 aromatic heterocycles. The first-order chi connectivity index (χ1) is 6.15. The third-order valence-electron chi connectivity index (χ3n) is 2.49. The van der Waals surface area contributed by atoms with E-state index in [1.165, 1.54) is 0 Å². The van der Waals surface area contributed by atoms with Gasteiger partial charge in [0, 0.05) is 19.5 Å². The van der Waals surface area contributed by atoms with Crippen LogP contribution in [0.2, 0.25) is 0 Å². The summed E-state index contributed by atoms with van der Waals surface area (Å²) in [5.74, 6) is 0.737. The fourth-order valence-electron chi connectivity index (χ4n) is 1.53. The molecule has 0 spiro atoms. The van der Waals surface area contributed by atoms with Crippen molar-refractivity contribution in [1.82, 2.24) is 4.90 Å². The van der Waals surface area contributed by atoms with Crippen molar-refractivity contribution in [2.24, 2.45) is 5.92 Å². The smallest absolute Gasteiger partial charge is 0.222 e. The molecular weight excluding hydrogens is 166 g/mol. The lowest BCUT2D eigenvalue weighted by atomic mass is 10.1. The van der Waals surface area contributed by atoms with Gasteiger partial charge < -0.3 is 9.64 Å². The summed E-state index contributed by atoms with van der Waals surface area (Å²) in [6.45, 7) is 8.38. The number of hydrogen-bond acceptors (Lipinski definition) is 2. The third-order valence-corrected chi connectivity index (χ3v) is 2.49. The van der Waals surface area contributed by atoms with E-state index in [1.54, 1.807) is 0 Å². The van der Waals surface area contributed by atoms with Gasteiger partial charge in [0.25, 0.3) is 0 Å². The summed E-state index contributed by atoms with van der Waals surface area (Å²) in [5.41, 5.74) is 0. The number of carbonyl (C=O) groups excluding carboxylic acids is 1. The number of nitrogens with zero attached hydrogens (tertiary/aromatic N) is 1. The Kier molecular flexibility index (Phi) is 3.72. The Bertz CT molecular complexity index is 180. The Labute approximate surface area is 80.1 Å². The number of hydrogen-bond donors (Lipinski definition) is 0. The van der Waals surface area contributed by atoms with Crippen LogP contribution in [0.5, 0.6) is 0 Å². The Morgan fingerprint density at radius 2 is 2.31 bits per heavy atom. The predicted octanol–water partition coefficient (Wildman–Crippen LogP) is 1.28. The Hall–Kier alpha value is -0.570. The summed E-state index contributed by atoms with van der Waals surface area (Å²) < 4.78 is 5.57. The van der Waals surface area contributed by atoms with Crippen LogP contribution in [0.25, 0.3) is 0 Å². The zero-order chi connectivity index (χ0) is 9.84. The molecule has 3 nitrogen and oxygen atoms in total. The minimum absolute atomic E-state index is 0.226. The average Bonchev–Trinajstić information content (AvgIpc) is 2.17. The van der Waals surface area contributed by atoms with Crippen LogP contribution in [0.1, 0.15) is 27.2 Å². The average molecular weight is 185 g/mol. The maximum absolute atomic E-state index is 11.4. The molecule has 1 amide bonds. The molecule has 1 rings (SSSR count). The van der Waals surface area contributed by atoms with Gasteiger partial charge in [0.2, 0.25) is 5.91 Å². The van der Waals surface area contributed by atoms with Crippen molar-refractivity contribution in [2.45, 2.75) is 33.3 Å². The van der Waals surface area contributed by atoms with Gasteiger partial charge in [-0.15, -0.1) is 0 Å². The van der Waals surface area contributed by atoms with E-state index in [0.717, 1.165) is 13.1 Å². The lowest BCUT2D eigenvalue weighted by molar-refractivity contribution is -0.140. The van der Waals surface area contributed by atoms with E-state index < -0.39 is 0 Å². The van der Waals surface area contributed by atoms with E-state index in [-0.39, 0.29) is 12.0 Å². The molecule has 1 aliphatic heterocycles. The standard InChI is InChI=1S/C10H19NO2/c1-4-10(12)11-5-6-13-9(7-11)8(2)3/h8-9H,4-7H2,1-3H3. The monoisotopic (exact) mass is 185 g/mol. The van der Waals surface area contributed by atoms with Crippen molar-refractivity contribution in [3.8, 4) is 0 Å². The normalized spacial score (nSPS) is 23.7. The van der Waals surface area contributed by atoms with Crippen LogP contribution < -0.4 is 0 Å². The van der Waals surface area contributed by atoms with Crippen molar-refractivity contribution in [3.05, 3.63) is 0 Å². The van der Waals surface area contributed by atoms with Crippen LogP contribution in [-0.2, 0) is 9.53 Å². The van der Waals surface area contributed by atoms with Crippen LogP contribution in [0.15, 0.2) is 0 Å². The predicted molar refractivity (Wildman–Crippen MR) is 51.4 cm³/mol. The van der Waals surface area contributed by atoms with Gasteiger partial charge in [0.05, 0.1) is 12.7 Å². The zero-order valence-corrected chi connectivity index (χ0v) is 8.75. The topological polar surface area (TPSA) is 29.5 Å². The molecule has 76 valence electrons. The molecule has 1 aliphatic rings. The molecule has 1 atom stereocenters. The summed E-state index contributed by atoms with van der Waals surface area (Å²) in [6, 6.07) is 0. The molecule has 1 fully saturated rings. The third kappa shape index (κ3) is 2.69. The molecule has 0 aromatic carbocycles. The second-order valence-electron chi connectivity index (χ2n) is 3.85. The summed E-state index contributed by atoms with van der Waals surface area (Å²) >= 11 is 0.